The zero-order valence-corrected chi connectivity index (χ0v) is 18.2. The molecule has 0 saturated carbocycles. The number of rotatable bonds is 6. The molecule has 0 spiro atoms. The van der Waals surface area contributed by atoms with Gasteiger partial charge in [0.15, 0.2) is 11.8 Å². The van der Waals surface area contributed by atoms with Gasteiger partial charge in [0.2, 0.25) is 0 Å². The third-order valence-electron chi connectivity index (χ3n) is 5.81. The number of likely N-dealkylation sites (tertiary alicyclic amines) is 1. The molecule has 2 saturated heterocycles. The van der Waals surface area contributed by atoms with Crippen molar-refractivity contribution in [2.24, 2.45) is 12.0 Å². The van der Waals surface area contributed by atoms with Crippen LogP contribution < -0.4 is 5.32 Å². The number of hydrogen-bond donors (Lipinski definition) is 1. The zero-order valence-electron chi connectivity index (χ0n) is 17.4. The van der Waals surface area contributed by atoms with Crippen molar-refractivity contribution in [3.8, 4) is 0 Å². The molecule has 158 valence electrons. The number of aromatic nitrogens is 3. The number of ether oxygens (including phenoxy) is 1. The van der Waals surface area contributed by atoms with Crippen LogP contribution in [0.1, 0.15) is 22.9 Å². The highest BCUT2D eigenvalue weighted by molar-refractivity contribution is 7.09. The minimum absolute atomic E-state index is 0.539. The van der Waals surface area contributed by atoms with Gasteiger partial charge < -0.3 is 19.5 Å². The largest absolute Gasteiger partial charge is 0.379 e. The van der Waals surface area contributed by atoms with Crippen LogP contribution in [0.5, 0.6) is 0 Å². The maximum Gasteiger partial charge on any atom is 0.194 e. The first kappa shape index (κ1) is 20.3. The number of morpholine rings is 1. The van der Waals surface area contributed by atoms with Gasteiger partial charge in [0.25, 0.3) is 0 Å². The molecule has 2 aromatic heterocycles. The highest BCUT2D eigenvalue weighted by atomic mass is 32.1. The second kappa shape index (κ2) is 9.69. The van der Waals surface area contributed by atoms with E-state index >= 15 is 0 Å². The van der Waals surface area contributed by atoms with Gasteiger partial charge in [0.05, 0.1) is 13.2 Å². The van der Waals surface area contributed by atoms with E-state index in [0.717, 1.165) is 70.0 Å². The van der Waals surface area contributed by atoms with E-state index in [9.17, 15) is 0 Å². The van der Waals surface area contributed by atoms with Crippen molar-refractivity contribution >= 4 is 17.3 Å². The maximum absolute atomic E-state index is 5.52. The number of aliphatic imine (C=N–C) groups is 1. The molecule has 2 aliphatic rings. The number of nitrogens with one attached hydrogen (secondary N) is 1. The van der Waals surface area contributed by atoms with Gasteiger partial charge >= 0.3 is 0 Å². The highest BCUT2D eigenvalue weighted by Crippen LogP contribution is 2.17. The van der Waals surface area contributed by atoms with Gasteiger partial charge in [-0.25, -0.2) is 4.99 Å². The van der Waals surface area contributed by atoms with Crippen molar-refractivity contribution in [3.63, 3.8) is 0 Å². The van der Waals surface area contributed by atoms with Crippen molar-refractivity contribution in [2.75, 3.05) is 45.9 Å². The number of hydrogen-bond acceptors (Lipinski definition) is 6. The molecule has 8 nitrogen and oxygen atoms in total. The number of nitrogens with zero attached hydrogens (tertiary/aromatic N) is 6. The van der Waals surface area contributed by atoms with Crippen LogP contribution in [-0.2, 0) is 24.8 Å². The standard InChI is InChI=1S/C20H31N7OS/c1-16-23-24-19(25(16)2)14-22-20(21-7-5-18-4-3-13-29-18)27-8-6-17(15-27)26-9-11-28-12-10-26/h3-4,13,17H,5-12,14-15H2,1-2H3,(H,21,22). The van der Waals surface area contributed by atoms with Crippen molar-refractivity contribution < 1.29 is 4.74 Å². The lowest BCUT2D eigenvalue weighted by molar-refractivity contribution is 0.0195. The third kappa shape index (κ3) is 5.15. The van der Waals surface area contributed by atoms with Crippen LogP contribution in [0.2, 0.25) is 0 Å². The van der Waals surface area contributed by atoms with E-state index in [1.165, 1.54) is 11.3 Å². The number of guanidine groups is 1. The Bertz CT molecular complexity index is 798. The summed E-state index contributed by atoms with van der Waals surface area (Å²) in [7, 11) is 1.99. The van der Waals surface area contributed by atoms with Gasteiger partial charge in [0, 0.05) is 50.7 Å². The molecule has 0 aromatic carbocycles. The van der Waals surface area contributed by atoms with Crippen LogP contribution in [0.4, 0.5) is 0 Å². The van der Waals surface area contributed by atoms with Gasteiger partial charge in [-0.15, -0.1) is 21.5 Å². The maximum atomic E-state index is 5.52. The summed E-state index contributed by atoms with van der Waals surface area (Å²) in [5.74, 6) is 2.79. The quantitative estimate of drug-likeness (QED) is 0.564. The van der Waals surface area contributed by atoms with Crippen LogP contribution in [0.25, 0.3) is 0 Å². The molecule has 4 rings (SSSR count). The summed E-state index contributed by atoms with van der Waals surface area (Å²) in [6, 6.07) is 4.88. The Morgan fingerprint density at radius 3 is 2.90 bits per heavy atom. The molecule has 2 fully saturated rings. The smallest absolute Gasteiger partial charge is 0.194 e. The lowest BCUT2D eigenvalue weighted by Gasteiger charge is -2.32. The predicted molar refractivity (Wildman–Crippen MR) is 115 cm³/mol. The Morgan fingerprint density at radius 2 is 2.17 bits per heavy atom. The minimum Gasteiger partial charge on any atom is -0.379 e. The van der Waals surface area contributed by atoms with E-state index in [4.69, 9.17) is 9.73 Å². The highest BCUT2D eigenvalue weighted by Gasteiger charge is 2.30. The van der Waals surface area contributed by atoms with Crippen LogP contribution in [0, 0.1) is 6.92 Å². The molecule has 29 heavy (non-hydrogen) atoms. The number of aryl methyl sites for hydroxylation is 1. The van der Waals surface area contributed by atoms with Crippen molar-refractivity contribution in [1.82, 2.24) is 29.9 Å². The van der Waals surface area contributed by atoms with Gasteiger partial charge in [-0.05, 0) is 31.2 Å². The van der Waals surface area contributed by atoms with E-state index < -0.39 is 0 Å². The Hall–Kier alpha value is -1.97. The van der Waals surface area contributed by atoms with Gasteiger partial charge in [-0.1, -0.05) is 6.07 Å². The summed E-state index contributed by atoms with van der Waals surface area (Å²) in [5.41, 5.74) is 0. The normalized spacial score (nSPS) is 21.1. The first-order valence-electron chi connectivity index (χ1n) is 10.4. The first-order chi connectivity index (χ1) is 14.2. The Balaban J connectivity index is 1.40. The van der Waals surface area contributed by atoms with Gasteiger partial charge in [0.1, 0.15) is 12.4 Å². The summed E-state index contributed by atoms with van der Waals surface area (Å²) in [4.78, 5) is 11.3. The molecule has 1 N–H and O–H groups in total. The molecule has 1 unspecified atom stereocenters. The lowest BCUT2D eigenvalue weighted by atomic mass is 10.2. The molecular formula is C20H31N7OS. The van der Waals surface area contributed by atoms with Crippen LogP contribution >= 0.6 is 11.3 Å². The molecule has 2 aliphatic heterocycles. The second-order valence-corrected chi connectivity index (χ2v) is 8.69. The van der Waals surface area contributed by atoms with Crippen molar-refractivity contribution in [2.45, 2.75) is 32.4 Å². The molecule has 0 radical (unpaired) electrons. The van der Waals surface area contributed by atoms with Crippen molar-refractivity contribution in [1.29, 1.82) is 0 Å². The molecule has 9 heteroatoms. The Morgan fingerprint density at radius 1 is 1.31 bits per heavy atom. The first-order valence-corrected chi connectivity index (χ1v) is 11.3. The monoisotopic (exact) mass is 417 g/mol. The lowest BCUT2D eigenvalue weighted by Crippen LogP contribution is -2.47. The Kier molecular flexibility index (Phi) is 6.78. The average molecular weight is 418 g/mol. The summed E-state index contributed by atoms with van der Waals surface area (Å²) in [6.45, 7) is 9.21. The van der Waals surface area contributed by atoms with Crippen LogP contribution in [0.15, 0.2) is 22.5 Å². The summed E-state index contributed by atoms with van der Waals surface area (Å²) in [6.07, 6.45) is 2.19. The molecule has 1 atom stereocenters. The van der Waals surface area contributed by atoms with E-state index in [2.05, 4.69) is 42.8 Å². The molecule has 0 amide bonds. The SMILES string of the molecule is Cc1nnc(CN=C(NCCc2cccs2)N2CCC(N3CCOCC3)C2)n1C. The van der Waals surface area contributed by atoms with Crippen LogP contribution in [0.3, 0.4) is 0 Å². The van der Waals surface area contributed by atoms with Gasteiger partial charge in [-0.3, -0.25) is 4.90 Å². The van der Waals surface area contributed by atoms with E-state index in [0.29, 0.717) is 12.6 Å². The predicted octanol–water partition coefficient (Wildman–Crippen LogP) is 1.28. The summed E-state index contributed by atoms with van der Waals surface area (Å²) < 4.78 is 7.52. The molecule has 0 bridgehead atoms. The fraction of sp³-hybridized carbons (Fsp3) is 0.650. The van der Waals surface area contributed by atoms with E-state index in [1.54, 1.807) is 0 Å². The topological polar surface area (TPSA) is 70.8 Å². The molecular weight excluding hydrogens is 386 g/mol. The number of thiophene rings is 1. The summed E-state index contributed by atoms with van der Waals surface area (Å²) in [5, 5.41) is 14.2. The van der Waals surface area contributed by atoms with Gasteiger partial charge in [-0.2, -0.15) is 0 Å². The second-order valence-electron chi connectivity index (χ2n) is 7.66. The van der Waals surface area contributed by atoms with E-state index in [-0.39, 0.29) is 0 Å². The molecule has 0 aliphatic carbocycles. The average Bonchev–Trinajstić information content (AvgIpc) is 3.49. The molecule has 2 aromatic rings. The molecule has 4 heterocycles. The third-order valence-corrected chi connectivity index (χ3v) is 6.75. The summed E-state index contributed by atoms with van der Waals surface area (Å²) >= 11 is 1.81. The zero-order chi connectivity index (χ0) is 20.1. The van der Waals surface area contributed by atoms with Crippen LogP contribution in [-0.4, -0.2) is 82.5 Å². The Labute approximate surface area is 176 Å². The fourth-order valence-corrected chi connectivity index (χ4v) is 4.64. The fourth-order valence-electron chi connectivity index (χ4n) is 3.93. The van der Waals surface area contributed by atoms with E-state index in [1.807, 2.05) is 29.9 Å². The minimum atomic E-state index is 0.539. The van der Waals surface area contributed by atoms with Crippen molar-refractivity contribution in [3.05, 3.63) is 34.0 Å².